The number of hydrogen-bond acceptors (Lipinski definition) is 4. The molecule has 0 unspecified atom stereocenters. The summed E-state index contributed by atoms with van der Waals surface area (Å²) in [4.78, 5) is 13.9. The highest BCUT2D eigenvalue weighted by atomic mass is 16.1. The van der Waals surface area contributed by atoms with Crippen LogP contribution in [0.1, 0.15) is 6.92 Å². The second-order valence-electron chi connectivity index (χ2n) is 4.58. The summed E-state index contributed by atoms with van der Waals surface area (Å²) in [6, 6.07) is 11.5. The molecule has 106 valence electrons. The number of hydrogen-bond donors (Lipinski definition) is 1. The molecule has 2 aromatic rings. The fourth-order valence-electron chi connectivity index (χ4n) is 1.85. The van der Waals surface area contributed by atoms with Crippen LogP contribution in [0, 0.1) is 0 Å². The van der Waals surface area contributed by atoms with Crippen molar-refractivity contribution in [3.63, 3.8) is 0 Å². The maximum Gasteiger partial charge on any atom is 0.268 e. The zero-order valence-electron chi connectivity index (χ0n) is 11.9. The summed E-state index contributed by atoms with van der Waals surface area (Å²) in [5.74, 6) is 0. The van der Waals surface area contributed by atoms with Gasteiger partial charge in [-0.15, -0.1) is 0 Å². The highest BCUT2D eigenvalue weighted by Crippen LogP contribution is 2.06. The zero-order valence-corrected chi connectivity index (χ0v) is 11.9. The first-order valence-electron chi connectivity index (χ1n) is 6.78. The van der Waals surface area contributed by atoms with E-state index in [9.17, 15) is 4.79 Å². The Labute approximate surface area is 118 Å². The van der Waals surface area contributed by atoms with Crippen LogP contribution in [0.5, 0.6) is 0 Å². The third-order valence-electron chi connectivity index (χ3n) is 3.20. The van der Waals surface area contributed by atoms with Crippen molar-refractivity contribution >= 4 is 11.4 Å². The average molecular weight is 272 g/mol. The molecule has 0 spiro atoms. The van der Waals surface area contributed by atoms with Crippen LogP contribution >= 0.6 is 0 Å². The van der Waals surface area contributed by atoms with Gasteiger partial charge in [-0.1, -0.05) is 18.2 Å². The largest absolute Gasteiger partial charge is 0.383 e. The summed E-state index contributed by atoms with van der Waals surface area (Å²) in [6.45, 7) is 4.10. The Kier molecular flexibility index (Phi) is 4.76. The van der Waals surface area contributed by atoms with E-state index in [1.165, 1.54) is 4.68 Å². The van der Waals surface area contributed by atoms with Crippen LogP contribution in [0.3, 0.4) is 0 Å². The molecule has 0 atom stereocenters. The number of rotatable bonds is 6. The van der Waals surface area contributed by atoms with Gasteiger partial charge in [0, 0.05) is 31.9 Å². The third kappa shape index (κ3) is 3.60. The Hall–Kier alpha value is -2.30. The van der Waals surface area contributed by atoms with Crippen molar-refractivity contribution in [2.24, 2.45) is 0 Å². The number of benzene rings is 1. The molecule has 0 aliphatic rings. The molecule has 0 bridgehead atoms. The Morgan fingerprint density at radius 3 is 2.70 bits per heavy atom. The van der Waals surface area contributed by atoms with E-state index in [4.69, 9.17) is 0 Å². The number of nitrogens with one attached hydrogen (secondary N) is 1. The predicted octanol–water partition coefficient (Wildman–Crippen LogP) is 1.81. The third-order valence-corrected chi connectivity index (χ3v) is 3.20. The Balaban J connectivity index is 1.95. The molecule has 0 aliphatic heterocycles. The SMILES string of the molecule is CCN(C)c1cnn(CCNc2ccccc2)c(=O)c1. The molecule has 0 aliphatic carbocycles. The van der Waals surface area contributed by atoms with Gasteiger partial charge in [0.25, 0.3) is 5.56 Å². The summed E-state index contributed by atoms with van der Waals surface area (Å²) in [7, 11) is 1.94. The fraction of sp³-hybridized carbons (Fsp3) is 0.333. The average Bonchev–Trinajstić information content (AvgIpc) is 2.49. The first kappa shape index (κ1) is 14.1. The summed E-state index contributed by atoms with van der Waals surface area (Å²) < 4.78 is 1.48. The lowest BCUT2D eigenvalue weighted by atomic mass is 10.3. The lowest BCUT2D eigenvalue weighted by Crippen LogP contribution is -2.27. The monoisotopic (exact) mass is 272 g/mol. The molecule has 1 aromatic heterocycles. The molecule has 0 radical (unpaired) electrons. The van der Waals surface area contributed by atoms with E-state index < -0.39 is 0 Å². The van der Waals surface area contributed by atoms with Gasteiger partial charge in [0.1, 0.15) is 0 Å². The van der Waals surface area contributed by atoms with Gasteiger partial charge >= 0.3 is 0 Å². The van der Waals surface area contributed by atoms with Crippen LogP contribution in [0.2, 0.25) is 0 Å². The Morgan fingerprint density at radius 2 is 2.05 bits per heavy atom. The summed E-state index contributed by atoms with van der Waals surface area (Å²) in [6.07, 6.45) is 1.73. The highest BCUT2D eigenvalue weighted by molar-refractivity contribution is 5.42. The maximum atomic E-state index is 11.9. The summed E-state index contributed by atoms with van der Waals surface area (Å²) >= 11 is 0. The van der Waals surface area contributed by atoms with Crippen LogP contribution in [-0.2, 0) is 6.54 Å². The van der Waals surface area contributed by atoms with E-state index in [-0.39, 0.29) is 5.56 Å². The van der Waals surface area contributed by atoms with Crippen molar-refractivity contribution in [1.82, 2.24) is 9.78 Å². The predicted molar refractivity (Wildman–Crippen MR) is 82.4 cm³/mol. The molecule has 5 nitrogen and oxygen atoms in total. The molecule has 0 saturated heterocycles. The number of para-hydroxylation sites is 1. The number of anilines is 2. The van der Waals surface area contributed by atoms with E-state index in [1.807, 2.05) is 49.2 Å². The highest BCUT2D eigenvalue weighted by Gasteiger charge is 2.03. The van der Waals surface area contributed by atoms with Crippen LogP contribution in [0.15, 0.2) is 47.4 Å². The summed E-state index contributed by atoms with van der Waals surface area (Å²) in [5.41, 5.74) is 1.82. The minimum absolute atomic E-state index is 0.0716. The van der Waals surface area contributed by atoms with Gasteiger partial charge in [0.2, 0.25) is 0 Å². The second-order valence-corrected chi connectivity index (χ2v) is 4.58. The maximum absolute atomic E-state index is 11.9. The lowest BCUT2D eigenvalue weighted by Gasteiger charge is -2.16. The van der Waals surface area contributed by atoms with Gasteiger partial charge in [0.15, 0.2) is 0 Å². The minimum atomic E-state index is -0.0716. The van der Waals surface area contributed by atoms with Crippen LogP contribution in [-0.4, -0.2) is 29.9 Å². The van der Waals surface area contributed by atoms with E-state index in [0.29, 0.717) is 13.1 Å². The molecule has 0 saturated carbocycles. The molecule has 1 heterocycles. The van der Waals surface area contributed by atoms with Crippen LogP contribution in [0.25, 0.3) is 0 Å². The van der Waals surface area contributed by atoms with Crippen molar-refractivity contribution < 1.29 is 0 Å². The Morgan fingerprint density at radius 1 is 1.30 bits per heavy atom. The quantitative estimate of drug-likeness (QED) is 0.871. The molecule has 20 heavy (non-hydrogen) atoms. The normalized spacial score (nSPS) is 10.3. The van der Waals surface area contributed by atoms with Crippen molar-refractivity contribution in [1.29, 1.82) is 0 Å². The van der Waals surface area contributed by atoms with Crippen molar-refractivity contribution in [2.75, 3.05) is 30.4 Å². The Bertz CT molecular complexity index is 594. The van der Waals surface area contributed by atoms with Gasteiger partial charge < -0.3 is 10.2 Å². The first-order valence-corrected chi connectivity index (χ1v) is 6.78. The van der Waals surface area contributed by atoms with Crippen molar-refractivity contribution in [3.8, 4) is 0 Å². The topological polar surface area (TPSA) is 50.2 Å². The molecule has 5 heteroatoms. The molecular formula is C15H20N4O. The number of nitrogens with zero attached hydrogens (tertiary/aromatic N) is 3. The van der Waals surface area contributed by atoms with Crippen LogP contribution < -0.4 is 15.8 Å². The van der Waals surface area contributed by atoms with E-state index in [0.717, 1.165) is 17.9 Å². The van der Waals surface area contributed by atoms with E-state index >= 15 is 0 Å². The summed E-state index contributed by atoms with van der Waals surface area (Å²) in [5, 5.41) is 7.46. The van der Waals surface area contributed by atoms with E-state index in [1.54, 1.807) is 12.3 Å². The van der Waals surface area contributed by atoms with Gasteiger partial charge in [-0.3, -0.25) is 4.79 Å². The van der Waals surface area contributed by atoms with Crippen molar-refractivity contribution in [3.05, 3.63) is 52.9 Å². The molecular weight excluding hydrogens is 252 g/mol. The standard InChI is InChI=1S/C15H20N4O/c1-3-18(2)14-11-15(20)19(17-12-14)10-9-16-13-7-5-4-6-8-13/h4-8,11-12,16H,3,9-10H2,1-2H3. The minimum Gasteiger partial charge on any atom is -0.383 e. The second kappa shape index (κ2) is 6.75. The smallest absolute Gasteiger partial charge is 0.268 e. The zero-order chi connectivity index (χ0) is 14.4. The van der Waals surface area contributed by atoms with Gasteiger partial charge in [0.05, 0.1) is 18.4 Å². The van der Waals surface area contributed by atoms with Crippen molar-refractivity contribution in [2.45, 2.75) is 13.5 Å². The first-order chi connectivity index (χ1) is 9.70. The number of aromatic nitrogens is 2. The fourth-order valence-corrected chi connectivity index (χ4v) is 1.85. The van der Waals surface area contributed by atoms with Crippen LogP contribution in [0.4, 0.5) is 11.4 Å². The van der Waals surface area contributed by atoms with Gasteiger partial charge in [-0.25, -0.2) is 4.68 Å². The van der Waals surface area contributed by atoms with Gasteiger partial charge in [-0.05, 0) is 19.1 Å². The molecule has 1 aromatic carbocycles. The van der Waals surface area contributed by atoms with E-state index in [2.05, 4.69) is 10.4 Å². The lowest BCUT2D eigenvalue weighted by molar-refractivity contribution is 0.597. The molecule has 2 rings (SSSR count). The molecule has 1 N–H and O–H groups in total. The molecule has 0 fully saturated rings. The van der Waals surface area contributed by atoms with Gasteiger partial charge in [-0.2, -0.15) is 5.10 Å². The molecule has 0 amide bonds.